The largest absolute Gasteiger partial charge is 0.335 e. The smallest absolute Gasteiger partial charge is 0.315 e. The SMILES string of the molecule is O=C(NCc1ncccc1F)NC1CCCC12CCCCC2. The first kappa shape index (κ1) is 15.3. The van der Waals surface area contributed by atoms with Crippen molar-refractivity contribution in [2.24, 2.45) is 5.41 Å². The molecule has 0 radical (unpaired) electrons. The lowest BCUT2D eigenvalue weighted by Gasteiger charge is -2.39. The van der Waals surface area contributed by atoms with Crippen molar-refractivity contribution in [3.05, 3.63) is 29.8 Å². The Bertz CT molecular complexity index is 528. The Hall–Kier alpha value is -1.65. The lowest BCUT2D eigenvalue weighted by atomic mass is 9.70. The van der Waals surface area contributed by atoms with Gasteiger partial charge in [-0.05, 0) is 43.2 Å². The Kier molecular flexibility index (Phi) is 4.60. The molecule has 2 aliphatic rings. The molecule has 1 spiro atoms. The van der Waals surface area contributed by atoms with E-state index in [9.17, 15) is 9.18 Å². The summed E-state index contributed by atoms with van der Waals surface area (Å²) in [4.78, 5) is 16.1. The van der Waals surface area contributed by atoms with Crippen molar-refractivity contribution in [2.75, 3.05) is 0 Å². The van der Waals surface area contributed by atoms with E-state index in [1.54, 1.807) is 6.07 Å². The van der Waals surface area contributed by atoms with E-state index >= 15 is 0 Å². The molecule has 2 amide bonds. The van der Waals surface area contributed by atoms with Crippen molar-refractivity contribution >= 4 is 6.03 Å². The van der Waals surface area contributed by atoms with Crippen LogP contribution in [0.2, 0.25) is 0 Å². The highest BCUT2D eigenvalue weighted by molar-refractivity contribution is 5.74. The van der Waals surface area contributed by atoms with Gasteiger partial charge in [0.05, 0.1) is 12.2 Å². The van der Waals surface area contributed by atoms with E-state index in [0.29, 0.717) is 5.41 Å². The van der Waals surface area contributed by atoms with Gasteiger partial charge in [0.2, 0.25) is 0 Å². The molecule has 0 aliphatic heterocycles. The van der Waals surface area contributed by atoms with Gasteiger partial charge >= 0.3 is 6.03 Å². The van der Waals surface area contributed by atoms with Crippen LogP contribution in [-0.2, 0) is 6.54 Å². The molecule has 22 heavy (non-hydrogen) atoms. The van der Waals surface area contributed by atoms with Crippen molar-refractivity contribution in [1.29, 1.82) is 0 Å². The Labute approximate surface area is 130 Å². The Morgan fingerprint density at radius 2 is 2.05 bits per heavy atom. The van der Waals surface area contributed by atoms with E-state index < -0.39 is 0 Å². The third-order valence-corrected chi connectivity index (χ3v) is 5.31. The fraction of sp³-hybridized carbons (Fsp3) is 0.647. The maximum absolute atomic E-state index is 13.5. The van der Waals surface area contributed by atoms with E-state index in [0.717, 1.165) is 6.42 Å². The van der Waals surface area contributed by atoms with Gasteiger partial charge in [-0.2, -0.15) is 0 Å². The third kappa shape index (κ3) is 3.23. The number of hydrogen-bond acceptors (Lipinski definition) is 2. The van der Waals surface area contributed by atoms with E-state index in [1.165, 1.54) is 57.2 Å². The normalized spacial score (nSPS) is 23.4. The highest BCUT2D eigenvalue weighted by Crippen LogP contribution is 2.49. The highest BCUT2D eigenvalue weighted by atomic mass is 19.1. The molecule has 0 saturated heterocycles. The van der Waals surface area contributed by atoms with Gasteiger partial charge in [-0.3, -0.25) is 4.98 Å². The molecule has 4 nitrogen and oxygen atoms in total. The molecule has 120 valence electrons. The summed E-state index contributed by atoms with van der Waals surface area (Å²) in [6, 6.07) is 2.96. The molecule has 2 saturated carbocycles. The van der Waals surface area contributed by atoms with Crippen LogP contribution >= 0.6 is 0 Å². The van der Waals surface area contributed by atoms with Gasteiger partial charge in [-0.1, -0.05) is 25.7 Å². The van der Waals surface area contributed by atoms with E-state index in [2.05, 4.69) is 15.6 Å². The Balaban J connectivity index is 1.54. The van der Waals surface area contributed by atoms with Crippen LogP contribution in [0.25, 0.3) is 0 Å². The zero-order valence-electron chi connectivity index (χ0n) is 12.9. The summed E-state index contributed by atoms with van der Waals surface area (Å²) in [5.74, 6) is -0.382. The van der Waals surface area contributed by atoms with E-state index in [1.807, 2.05) is 0 Å². The number of halogens is 1. The molecule has 2 fully saturated rings. The van der Waals surface area contributed by atoms with E-state index in [-0.39, 0.29) is 30.1 Å². The summed E-state index contributed by atoms with van der Waals surface area (Å²) in [5.41, 5.74) is 0.586. The number of aromatic nitrogens is 1. The quantitative estimate of drug-likeness (QED) is 0.897. The number of pyridine rings is 1. The monoisotopic (exact) mass is 305 g/mol. The van der Waals surface area contributed by atoms with Gasteiger partial charge < -0.3 is 10.6 Å². The average Bonchev–Trinajstić information content (AvgIpc) is 2.89. The van der Waals surface area contributed by atoms with Crippen LogP contribution in [0.1, 0.15) is 57.1 Å². The van der Waals surface area contributed by atoms with Crippen molar-refractivity contribution in [3.8, 4) is 0 Å². The predicted molar refractivity (Wildman–Crippen MR) is 82.7 cm³/mol. The van der Waals surface area contributed by atoms with Crippen LogP contribution in [0.15, 0.2) is 18.3 Å². The molecule has 1 heterocycles. The van der Waals surface area contributed by atoms with Gasteiger partial charge in [0, 0.05) is 12.2 Å². The molecule has 2 aliphatic carbocycles. The third-order valence-electron chi connectivity index (χ3n) is 5.31. The highest BCUT2D eigenvalue weighted by Gasteiger charge is 2.43. The van der Waals surface area contributed by atoms with Crippen LogP contribution in [-0.4, -0.2) is 17.1 Å². The zero-order chi connectivity index (χ0) is 15.4. The summed E-state index contributed by atoms with van der Waals surface area (Å²) in [6.45, 7) is 0.123. The molecule has 0 bridgehead atoms. The standard InChI is InChI=1S/C17H24FN3O/c18-13-6-5-11-19-14(13)12-20-16(22)21-15-7-4-10-17(15)8-2-1-3-9-17/h5-6,11,15H,1-4,7-10,12H2,(H2,20,21,22). The summed E-state index contributed by atoms with van der Waals surface area (Å²) >= 11 is 0. The Morgan fingerprint density at radius 3 is 2.82 bits per heavy atom. The second-order valence-corrected chi connectivity index (χ2v) is 6.63. The zero-order valence-corrected chi connectivity index (χ0v) is 12.9. The molecule has 0 aromatic carbocycles. The molecular formula is C17H24FN3O. The molecule has 1 atom stereocenters. The molecule has 1 aromatic rings. The van der Waals surface area contributed by atoms with Crippen molar-refractivity contribution < 1.29 is 9.18 Å². The minimum Gasteiger partial charge on any atom is -0.335 e. The summed E-state index contributed by atoms with van der Waals surface area (Å²) in [6.07, 6.45) is 11.3. The first-order chi connectivity index (χ1) is 10.7. The van der Waals surface area contributed by atoms with Crippen molar-refractivity contribution in [3.63, 3.8) is 0 Å². The number of amides is 2. The minimum atomic E-state index is -0.382. The number of nitrogens with one attached hydrogen (secondary N) is 2. The van der Waals surface area contributed by atoms with Crippen LogP contribution in [0, 0.1) is 11.2 Å². The number of carbonyl (C=O) groups excluding carboxylic acids is 1. The maximum Gasteiger partial charge on any atom is 0.315 e. The fourth-order valence-electron chi connectivity index (χ4n) is 4.14. The predicted octanol–water partition coefficient (Wildman–Crippen LogP) is 3.52. The van der Waals surface area contributed by atoms with Gasteiger partial charge in [-0.15, -0.1) is 0 Å². The average molecular weight is 305 g/mol. The summed E-state index contributed by atoms with van der Waals surface area (Å²) in [5, 5.41) is 5.86. The summed E-state index contributed by atoms with van der Waals surface area (Å²) in [7, 11) is 0. The number of urea groups is 1. The first-order valence-corrected chi connectivity index (χ1v) is 8.33. The Morgan fingerprint density at radius 1 is 1.27 bits per heavy atom. The summed E-state index contributed by atoms with van der Waals surface area (Å²) < 4.78 is 13.5. The number of carbonyl (C=O) groups is 1. The number of nitrogens with zero attached hydrogens (tertiary/aromatic N) is 1. The van der Waals surface area contributed by atoms with E-state index in [4.69, 9.17) is 0 Å². The topological polar surface area (TPSA) is 54.0 Å². The van der Waals surface area contributed by atoms with Crippen molar-refractivity contribution in [1.82, 2.24) is 15.6 Å². The molecule has 3 rings (SSSR count). The molecule has 2 N–H and O–H groups in total. The molecule has 1 aromatic heterocycles. The molecule has 5 heteroatoms. The lowest BCUT2D eigenvalue weighted by Crippen LogP contribution is -2.48. The first-order valence-electron chi connectivity index (χ1n) is 8.33. The van der Waals surface area contributed by atoms with Crippen molar-refractivity contribution in [2.45, 2.75) is 64.0 Å². The van der Waals surface area contributed by atoms with Gasteiger partial charge in [-0.25, -0.2) is 9.18 Å². The second kappa shape index (κ2) is 6.63. The second-order valence-electron chi connectivity index (χ2n) is 6.63. The van der Waals surface area contributed by atoms with Crippen LogP contribution < -0.4 is 10.6 Å². The minimum absolute atomic E-state index is 0.123. The van der Waals surface area contributed by atoms with Crippen LogP contribution in [0.5, 0.6) is 0 Å². The molecule has 1 unspecified atom stereocenters. The lowest BCUT2D eigenvalue weighted by molar-refractivity contribution is 0.150. The van der Waals surface area contributed by atoms with Crippen LogP contribution in [0.3, 0.4) is 0 Å². The number of rotatable bonds is 3. The number of hydrogen-bond donors (Lipinski definition) is 2. The van der Waals surface area contributed by atoms with Crippen LogP contribution in [0.4, 0.5) is 9.18 Å². The maximum atomic E-state index is 13.5. The van der Waals surface area contributed by atoms with Gasteiger partial charge in [0.15, 0.2) is 0 Å². The fourth-order valence-corrected chi connectivity index (χ4v) is 4.14. The van der Waals surface area contributed by atoms with Gasteiger partial charge in [0.1, 0.15) is 5.82 Å². The molecular weight excluding hydrogens is 281 g/mol. The van der Waals surface area contributed by atoms with Gasteiger partial charge in [0.25, 0.3) is 0 Å².